The van der Waals surface area contributed by atoms with Crippen molar-refractivity contribution in [2.24, 2.45) is 0 Å². The Bertz CT molecular complexity index is 1220. The molecule has 0 saturated carbocycles. The van der Waals surface area contributed by atoms with Gasteiger partial charge in [0.15, 0.2) is 23.1 Å². The first-order valence-corrected chi connectivity index (χ1v) is 11.0. The molecule has 5 nitrogen and oxygen atoms in total. The van der Waals surface area contributed by atoms with E-state index in [4.69, 9.17) is 9.47 Å². The highest BCUT2D eigenvalue weighted by Crippen LogP contribution is 2.39. The summed E-state index contributed by atoms with van der Waals surface area (Å²) in [6, 6.07) is 6.66. The second-order valence-corrected chi connectivity index (χ2v) is 8.57. The van der Waals surface area contributed by atoms with E-state index in [1.807, 2.05) is 0 Å². The van der Waals surface area contributed by atoms with Gasteiger partial charge in [-0.3, -0.25) is 4.57 Å². The third-order valence-corrected chi connectivity index (χ3v) is 5.61. The van der Waals surface area contributed by atoms with Crippen molar-refractivity contribution in [1.29, 1.82) is 0 Å². The molecule has 10 heteroatoms. The molecule has 0 bridgehead atoms. The highest BCUT2D eigenvalue weighted by Gasteiger charge is 2.24. The summed E-state index contributed by atoms with van der Waals surface area (Å²) in [5, 5.41) is -0.241. The van der Waals surface area contributed by atoms with Gasteiger partial charge in [0.1, 0.15) is 5.75 Å². The van der Waals surface area contributed by atoms with Gasteiger partial charge in [-0.2, -0.15) is 8.78 Å². The van der Waals surface area contributed by atoms with E-state index in [1.165, 1.54) is 26.0 Å². The Balaban J connectivity index is 2.01. The van der Waals surface area contributed by atoms with Crippen LogP contribution in [-0.4, -0.2) is 16.4 Å². The Morgan fingerprint density at radius 2 is 1.28 bits per heavy atom. The van der Waals surface area contributed by atoms with Crippen molar-refractivity contribution in [3.8, 4) is 28.4 Å². The van der Waals surface area contributed by atoms with Crippen LogP contribution in [0.1, 0.15) is 18.1 Å². The van der Waals surface area contributed by atoms with Gasteiger partial charge in [0, 0.05) is 11.1 Å². The SMILES string of the molecule is CCOc1ccc(-c2ccc(Oc3c(C)cc(P(=O)(O)O)cc3C)c(F)c2F)c(F)c1F. The highest BCUT2D eigenvalue weighted by atomic mass is 31.2. The van der Waals surface area contributed by atoms with E-state index in [0.29, 0.717) is 0 Å². The van der Waals surface area contributed by atoms with Crippen LogP contribution in [0.3, 0.4) is 0 Å². The quantitative estimate of drug-likeness (QED) is 0.367. The lowest BCUT2D eigenvalue weighted by Crippen LogP contribution is -2.07. The second-order valence-electron chi connectivity index (χ2n) is 6.97. The maximum atomic E-state index is 14.8. The average molecular weight is 470 g/mol. The third kappa shape index (κ3) is 4.50. The average Bonchev–Trinajstić information content (AvgIpc) is 2.71. The lowest BCUT2D eigenvalue weighted by atomic mass is 10.0. The van der Waals surface area contributed by atoms with E-state index in [-0.39, 0.29) is 34.5 Å². The fraction of sp³-hybridized carbons (Fsp3) is 0.182. The number of rotatable bonds is 6. The van der Waals surface area contributed by atoms with Gasteiger partial charge >= 0.3 is 7.60 Å². The molecule has 3 rings (SSSR count). The van der Waals surface area contributed by atoms with Gasteiger partial charge in [0.2, 0.25) is 11.6 Å². The summed E-state index contributed by atoms with van der Waals surface area (Å²) in [5.41, 5.74) is -0.439. The lowest BCUT2D eigenvalue weighted by Gasteiger charge is -2.16. The molecule has 32 heavy (non-hydrogen) atoms. The number of halogens is 4. The summed E-state index contributed by atoms with van der Waals surface area (Å²) >= 11 is 0. The van der Waals surface area contributed by atoms with Crippen LogP contribution >= 0.6 is 7.60 Å². The molecule has 0 amide bonds. The molecule has 0 aliphatic rings. The molecule has 0 aliphatic heterocycles. The molecule has 0 spiro atoms. The summed E-state index contributed by atoms with van der Waals surface area (Å²) in [6.45, 7) is 4.66. The van der Waals surface area contributed by atoms with Gasteiger partial charge in [-0.15, -0.1) is 0 Å². The van der Waals surface area contributed by atoms with E-state index in [0.717, 1.165) is 24.3 Å². The Kier molecular flexibility index (Phi) is 6.64. The lowest BCUT2D eigenvalue weighted by molar-refractivity contribution is 0.314. The van der Waals surface area contributed by atoms with Crippen molar-refractivity contribution in [2.45, 2.75) is 20.8 Å². The van der Waals surface area contributed by atoms with E-state index in [1.54, 1.807) is 6.92 Å². The number of hydrogen-bond donors (Lipinski definition) is 2. The summed E-state index contributed by atoms with van der Waals surface area (Å²) in [5.74, 6) is -6.40. The normalized spacial score (nSPS) is 11.5. The van der Waals surface area contributed by atoms with Gasteiger partial charge < -0.3 is 19.3 Å². The predicted octanol–water partition coefficient (Wildman–Crippen LogP) is 5.52. The molecule has 170 valence electrons. The van der Waals surface area contributed by atoms with Crippen LogP contribution in [0.5, 0.6) is 17.2 Å². The fourth-order valence-electron chi connectivity index (χ4n) is 3.19. The Hall–Kier alpha value is -2.87. The van der Waals surface area contributed by atoms with Crippen LogP contribution in [0.2, 0.25) is 0 Å². The summed E-state index contributed by atoms with van der Waals surface area (Å²) in [6.07, 6.45) is 0. The van der Waals surface area contributed by atoms with Crippen molar-refractivity contribution in [3.05, 3.63) is 70.8 Å². The summed E-state index contributed by atoms with van der Waals surface area (Å²) in [7, 11) is -4.51. The smallest absolute Gasteiger partial charge is 0.356 e. The molecule has 3 aromatic carbocycles. The molecular formula is C22H19F4O5P. The fourth-order valence-corrected chi connectivity index (χ4v) is 3.92. The van der Waals surface area contributed by atoms with E-state index in [2.05, 4.69) is 0 Å². The molecule has 0 aliphatic carbocycles. The molecule has 0 heterocycles. The van der Waals surface area contributed by atoms with Crippen molar-refractivity contribution in [3.63, 3.8) is 0 Å². The maximum Gasteiger partial charge on any atom is 0.356 e. The van der Waals surface area contributed by atoms with E-state index in [9.17, 15) is 31.9 Å². The van der Waals surface area contributed by atoms with Gasteiger partial charge in [0.25, 0.3) is 0 Å². The number of benzene rings is 3. The zero-order valence-corrected chi connectivity index (χ0v) is 18.1. The number of aryl methyl sites for hydroxylation is 2. The van der Waals surface area contributed by atoms with Crippen LogP contribution < -0.4 is 14.8 Å². The minimum atomic E-state index is -4.51. The first-order chi connectivity index (χ1) is 15.0. The van der Waals surface area contributed by atoms with Gasteiger partial charge in [-0.25, -0.2) is 8.78 Å². The molecule has 3 aromatic rings. The molecule has 0 unspecified atom stereocenters. The zero-order valence-electron chi connectivity index (χ0n) is 17.2. The number of hydrogen-bond acceptors (Lipinski definition) is 3. The van der Waals surface area contributed by atoms with Crippen LogP contribution in [0.4, 0.5) is 17.6 Å². The van der Waals surface area contributed by atoms with Crippen LogP contribution in [0.15, 0.2) is 36.4 Å². The van der Waals surface area contributed by atoms with Crippen molar-refractivity contribution in [1.82, 2.24) is 0 Å². The Morgan fingerprint density at radius 3 is 1.75 bits per heavy atom. The first-order valence-electron chi connectivity index (χ1n) is 9.40. The molecule has 0 atom stereocenters. The van der Waals surface area contributed by atoms with E-state index >= 15 is 0 Å². The molecule has 0 aromatic heterocycles. The minimum Gasteiger partial charge on any atom is -0.491 e. The molecule has 0 radical (unpaired) electrons. The van der Waals surface area contributed by atoms with Crippen molar-refractivity contribution < 1.29 is 41.4 Å². The van der Waals surface area contributed by atoms with Crippen LogP contribution in [0.25, 0.3) is 11.1 Å². The van der Waals surface area contributed by atoms with Crippen LogP contribution in [-0.2, 0) is 4.57 Å². The maximum absolute atomic E-state index is 14.8. The standard InChI is InChI=1S/C22H19F4O5P/c1-4-30-16-7-5-14(18(23)20(16)25)15-6-8-17(21(26)19(15)24)31-22-11(2)9-13(10-12(22)3)32(27,28)29/h5-10H,4H2,1-3H3,(H2,27,28,29). The molecule has 0 saturated heterocycles. The largest absolute Gasteiger partial charge is 0.491 e. The number of ether oxygens (including phenoxy) is 2. The summed E-state index contributed by atoms with van der Waals surface area (Å²) < 4.78 is 79.9. The topological polar surface area (TPSA) is 76.0 Å². The van der Waals surface area contributed by atoms with Gasteiger partial charge in [-0.1, -0.05) is 0 Å². The van der Waals surface area contributed by atoms with Crippen molar-refractivity contribution in [2.75, 3.05) is 6.61 Å². The molecule has 2 N–H and O–H groups in total. The minimum absolute atomic E-state index is 0.0755. The van der Waals surface area contributed by atoms with E-state index < -0.39 is 47.7 Å². The predicted molar refractivity (Wildman–Crippen MR) is 111 cm³/mol. The zero-order chi connectivity index (χ0) is 23.8. The monoisotopic (exact) mass is 470 g/mol. The first kappa shape index (κ1) is 23.8. The van der Waals surface area contributed by atoms with Gasteiger partial charge in [-0.05, 0) is 68.3 Å². The third-order valence-electron chi connectivity index (χ3n) is 4.68. The Morgan fingerprint density at radius 1 is 0.812 bits per heavy atom. The Labute approximate surface area is 181 Å². The van der Waals surface area contributed by atoms with Crippen molar-refractivity contribution >= 4 is 12.9 Å². The second kappa shape index (κ2) is 8.94. The summed E-state index contributed by atoms with van der Waals surface area (Å²) in [4.78, 5) is 18.6. The van der Waals surface area contributed by atoms with Gasteiger partial charge in [0.05, 0.1) is 11.9 Å². The highest BCUT2D eigenvalue weighted by molar-refractivity contribution is 7.60. The van der Waals surface area contributed by atoms with Crippen LogP contribution in [0, 0.1) is 37.1 Å². The molecule has 0 fully saturated rings. The molecular weight excluding hydrogens is 451 g/mol.